The van der Waals surface area contributed by atoms with Crippen molar-refractivity contribution in [2.24, 2.45) is 0 Å². The van der Waals surface area contributed by atoms with Gasteiger partial charge in [-0.3, -0.25) is 14.4 Å². The molecule has 1 saturated heterocycles. The van der Waals surface area contributed by atoms with Gasteiger partial charge in [0.05, 0.1) is 6.61 Å². The van der Waals surface area contributed by atoms with E-state index in [-0.39, 0.29) is 30.4 Å². The molecule has 0 atom stereocenters. The molecule has 3 rings (SSSR count). The Hall–Kier alpha value is -3.15. The lowest BCUT2D eigenvalue weighted by Crippen LogP contribution is -2.25. The average molecular weight is 408 g/mol. The molecule has 0 aliphatic carbocycles. The molecule has 0 aromatic heterocycles. The van der Waals surface area contributed by atoms with E-state index >= 15 is 0 Å². The highest BCUT2D eigenvalue weighted by atomic mass is 16.5. The summed E-state index contributed by atoms with van der Waals surface area (Å²) in [6, 6.07) is 14.9. The minimum atomic E-state index is -0.158. The summed E-state index contributed by atoms with van der Waals surface area (Å²) < 4.78 is 5.37. The van der Waals surface area contributed by atoms with Crippen LogP contribution in [0.15, 0.2) is 48.5 Å². The summed E-state index contributed by atoms with van der Waals surface area (Å²) in [5.74, 6) is 0.703. The summed E-state index contributed by atoms with van der Waals surface area (Å²) in [6.07, 6.45) is 1.86. The lowest BCUT2D eigenvalue weighted by atomic mass is 10.1. The molecule has 1 aliphatic rings. The smallest absolute Gasteiger partial charge is 0.222 e. The molecule has 2 aromatic rings. The third-order valence-electron chi connectivity index (χ3n) is 5.09. The van der Waals surface area contributed by atoms with Crippen LogP contribution in [-0.4, -0.2) is 35.6 Å². The highest BCUT2D eigenvalue weighted by Crippen LogP contribution is 2.16. The first-order valence-corrected chi connectivity index (χ1v) is 10.4. The molecule has 0 saturated carbocycles. The number of Topliss-reactive ketones (excluding diaryl/α,β-unsaturated/α-hetero) is 1. The highest BCUT2D eigenvalue weighted by molar-refractivity contribution is 5.98. The van der Waals surface area contributed by atoms with Crippen molar-refractivity contribution in [3.63, 3.8) is 0 Å². The Kier molecular flexibility index (Phi) is 7.60. The molecule has 2 amide bonds. The van der Waals surface area contributed by atoms with Crippen LogP contribution in [0.5, 0.6) is 5.75 Å². The number of likely N-dealkylation sites (tertiary alicyclic amines) is 1. The predicted molar refractivity (Wildman–Crippen MR) is 114 cm³/mol. The van der Waals surface area contributed by atoms with E-state index in [1.54, 1.807) is 24.3 Å². The van der Waals surface area contributed by atoms with Gasteiger partial charge in [0.1, 0.15) is 5.75 Å². The zero-order chi connectivity index (χ0) is 21.3. The van der Waals surface area contributed by atoms with Gasteiger partial charge >= 0.3 is 0 Å². The van der Waals surface area contributed by atoms with Gasteiger partial charge in [0.25, 0.3) is 0 Å². The van der Waals surface area contributed by atoms with Gasteiger partial charge in [-0.2, -0.15) is 0 Å². The number of rotatable bonds is 10. The Morgan fingerprint density at radius 3 is 2.53 bits per heavy atom. The Morgan fingerprint density at radius 2 is 1.83 bits per heavy atom. The van der Waals surface area contributed by atoms with Gasteiger partial charge in [-0.1, -0.05) is 24.3 Å². The Bertz CT molecular complexity index is 892. The first-order chi connectivity index (χ1) is 14.5. The van der Waals surface area contributed by atoms with Crippen LogP contribution in [0.2, 0.25) is 0 Å². The molecule has 6 nitrogen and oxygen atoms in total. The summed E-state index contributed by atoms with van der Waals surface area (Å²) in [5.41, 5.74) is 2.61. The molecule has 1 heterocycles. The third kappa shape index (κ3) is 6.17. The standard InChI is InChI=1S/C24H28N2O4/c1-2-30-21-10-8-20(9-11-21)22(27)12-13-23(28)25-16-18-5-3-6-19(15-18)17-26-14-4-7-24(26)29/h3,5-6,8-11,15H,2,4,7,12-14,16-17H2,1H3,(H,25,28). The molecular formula is C24H28N2O4. The second-order valence-electron chi connectivity index (χ2n) is 7.40. The molecule has 0 radical (unpaired) electrons. The van der Waals surface area contributed by atoms with Crippen molar-refractivity contribution in [2.45, 2.75) is 45.7 Å². The number of nitrogens with one attached hydrogen (secondary N) is 1. The van der Waals surface area contributed by atoms with Crippen LogP contribution in [0.3, 0.4) is 0 Å². The number of hydrogen-bond donors (Lipinski definition) is 1. The molecule has 30 heavy (non-hydrogen) atoms. The highest BCUT2D eigenvalue weighted by Gasteiger charge is 2.20. The van der Waals surface area contributed by atoms with E-state index in [2.05, 4.69) is 5.32 Å². The van der Waals surface area contributed by atoms with Crippen LogP contribution in [0.1, 0.15) is 54.1 Å². The van der Waals surface area contributed by atoms with Crippen molar-refractivity contribution in [1.29, 1.82) is 0 Å². The fraction of sp³-hybridized carbons (Fsp3) is 0.375. The van der Waals surface area contributed by atoms with Crippen LogP contribution in [0, 0.1) is 0 Å². The van der Waals surface area contributed by atoms with Crippen molar-refractivity contribution in [3.05, 3.63) is 65.2 Å². The lowest BCUT2D eigenvalue weighted by molar-refractivity contribution is -0.128. The molecule has 0 bridgehead atoms. The summed E-state index contributed by atoms with van der Waals surface area (Å²) in [7, 11) is 0. The van der Waals surface area contributed by atoms with Gasteiger partial charge < -0.3 is 15.0 Å². The average Bonchev–Trinajstić information content (AvgIpc) is 3.16. The van der Waals surface area contributed by atoms with Crippen molar-refractivity contribution >= 4 is 17.6 Å². The monoisotopic (exact) mass is 408 g/mol. The fourth-order valence-corrected chi connectivity index (χ4v) is 3.49. The normalized spacial score (nSPS) is 13.4. The van der Waals surface area contributed by atoms with E-state index in [9.17, 15) is 14.4 Å². The van der Waals surface area contributed by atoms with Crippen molar-refractivity contribution in [2.75, 3.05) is 13.2 Å². The molecule has 0 unspecified atom stereocenters. The van der Waals surface area contributed by atoms with Crippen LogP contribution < -0.4 is 10.1 Å². The number of carbonyl (C=O) groups excluding carboxylic acids is 3. The maximum Gasteiger partial charge on any atom is 0.222 e. The van der Waals surface area contributed by atoms with Crippen LogP contribution in [0.25, 0.3) is 0 Å². The molecule has 1 fully saturated rings. The minimum absolute atomic E-state index is 0.0644. The molecule has 1 aliphatic heterocycles. The number of carbonyl (C=O) groups is 3. The van der Waals surface area contributed by atoms with Crippen molar-refractivity contribution in [3.8, 4) is 5.75 Å². The number of amides is 2. The van der Waals surface area contributed by atoms with E-state index in [0.717, 1.165) is 29.8 Å². The zero-order valence-electron chi connectivity index (χ0n) is 17.4. The molecule has 0 spiro atoms. The Morgan fingerprint density at radius 1 is 1.07 bits per heavy atom. The number of ketones is 1. The number of ether oxygens (including phenoxy) is 1. The third-order valence-corrected chi connectivity index (χ3v) is 5.09. The van der Waals surface area contributed by atoms with Crippen molar-refractivity contribution in [1.82, 2.24) is 10.2 Å². The van der Waals surface area contributed by atoms with Gasteiger partial charge in [-0.15, -0.1) is 0 Å². The molecule has 6 heteroatoms. The van der Waals surface area contributed by atoms with Crippen LogP contribution >= 0.6 is 0 Å². The lowest BCUT2D eigenvalue weighted by Gasteiger charge is -2.16. The molecule has 2 aromatic carbocycles. The van der Waals surface area contributed by atoms with Crippen LogP contribution in [-0.2, 0) is 22.7 Å². The molecule has 158 valence electrons. The van der Waals surface area contributed by atoms with Crippen molar-refractivity contribution < 1.29 is 19.1 Å². The minimum Gasteiger partial charge on any atom is -0.494 e. The fourth-order valence-electron chi connectivity index (χ4n) is 3.49. The summed E-state index contributed by atoms with van der Waals surface area (Å²) in [4.78, 5) is 38.1. The number of benzene rings is 2. The summed E-state index contributed by atoms with van der Waals surface area (Å²) >= 11 is 0. The van der Waals surface area contributed by atoms with E-state index in [1.165, 1.54) is 0 Å². The van der Waals surface area contributed by atoms with Gasteiger partial charge in [0.15, 0.2) is 5.78 Å². The molecule has 1 N–H and O–H groups in total. The number of hydrogen-bond acceptors (Lipinski definition) is 4. The maximum absolute atomic E-state index is 12.3. The second kappa shape index (κ2) is 10.6. The van der Waals surface area contributed by atoms with E-state index < -0.39 is 0 Å². The first-order valence-electron chi connectivity index (χ1n) is 10.4. The Balaban J connectivity index is 1.43. The second-order valence-corrected chi connectivity index (χ2v) is 7.40. The predicted octanol–water partition coefficient (Wildman–Crippen LogP) is 3.49. The topological polar surface area (TPSA) is 75.7 Å². The summed E-state index contributed by atoms with van der Waals surface area (Å²) in [5, 5.41) is 2.87. The molecular weight excluding hydrogens is 380 g/mol. The Labute approximate surface area is 177 Å². The number of nitrogens with zero attached hydrogens (tertiary/aromatic N) is 1. The van der Waals surface area contributed by atoms with Crippen LogP contribution in [0.4, 0.5) is 0 Å². The first kappa shape index (κ1) is 21.6. The van der Waals surface area contributed by atoms with Gasteiger partial charge in [-0.25, -0.2) is 0 Å². The maximum atomic E-state index is 12.3. The summed E-state index contributed by atoms with van der Waals surface area (Å²) in [6.45, 7) is 4.30. The van der Waals surface area contributed by atoms with E-state index in [0.29, 0.717) is 31.7 Å². The van der Waals surface area contributed by atoms with E-state index in [1.807, 2.05) is 36.1 Å². The van der Waals surface area contributed by atoms with Gasteiger partial charge in [0.2, 0.25) is 11.8 Å². The van der Waals surface area contributed by atoms with Gasteiger partial charge in [-0.05, 0) is 48.7 Å². The zero-order valence-corrected chi connectivity index (χ0v) is 17.4. The van der Waals surface area contributed by atoms with E-state index in [4.69, 9.17) is 4.74 Å². The largest absolute Gasteiger partial charge is 0.494 e. The quantitative estimate of drug-likeness (QED) is 0.611. The SMILES string of the molecule is CCOc1ccc(C(=O)CCC(=O)NCc2cccc(CN3CCCC3=O)c2)cc1. The van der Waals surface area contributed by atoms with Gasteiger partial charge in [0, 0.05) is 44.5 Å².